The molecule has 7 heteroatoms. The zero-order chi connectivity index (χ0) is 17.5. The Balaban J connectivity index is 1.95. The number of ether oxygens (including phenoxy) is 1. The van der Waals surface area contributed by atoms with E-state index in [1.807, 2.05) is 13.0 Å². The number of nitrogens with zero attached hydrogens (tertiary/aromatic N) is 1. The quantitative estimate of drug-likeness (QED) is 0.787. The molecule has 0 atom stereocenters. The van der Waals surface area contributed by atoms with Gasteiger partial charge in [0.15, 0.2) is 0 Å². The van der Waals surface area contributed by atoms with Crippen molar-refractivity contribution in [2.75, 3.05) is 17.7 Å². The first kappa shape index (κ1) is 17.3. The molecule has 3 N–H and O–H groups in total. The number of amides is 3. The Kier molecular flexibility index (Phi) is 5.73. The number of benzene rings is 1. The third-order valence-electron chi connectivity index (χ3n) is 3.27. The Hall–Kier alpha value is -3.09. The number of aromatic nitrogens is 1. The topological polar surface area (TPSA) is 92.4 Å². The number of anilines is 2. The Morgan fingerprint density at radius 1 is 1.17 bits per heavy atom. The molecule has 0 unspecified atom stereocenters. The van der Waals surface area contributed by atoms with Gasteiger partial charge in [-0.2, -0.15) is 0 Å². The molecule has 1 aromatic heterocycles. The summed E-state index contributed by atoms with van der Waals surface area (Å²) in [5, 5.41) is 8.21. The van der Waals surface area contributed by atoms with E-state index in [-0.39, 0.29) is 11.9 Å². The molecule has 0 bridgehead atoms. The summed E-state index contributed by atoms with van der Waals surface area (Å²) < 4.78 is 5.04. The van der Waals surface area contributed by atoms with Crippen LogP contribution < -0.4 is 20.7 Å². The van der Waals surface area contributed by atoms with Crippen LogP contribution in [0.3, 0.4) is 0 Å². The fourth-order valence-corrected chi connectivity index (χ4v) is 2.05. The monoisotopic (exact) mass is 328 g/mol. The molecule has 1 heterocycles. The number of hydrogen-bond acceptors (Lipinski definition) is 4. The number of rotatable bonds is 5. The molecule has 126 valence electrons. The Bertz CT molecular complexity index is 746. The molecule has 0 radical (unpaired) electrons. The highest BCUT2D eigenvalue weighted by Crippen LogP contribution is 2.20. The summed E-state index contributed by atoms with van der Waals surface area (Å²) in [6, 6.07) is 8.52. The second-order valence-electron chi connectivity index (χ2n) is 5.23. The van der Waals surface area contributed by atoms with Crippen molar-refractivity contribution in [2.45, 2.75) is 20.4 Å². The highest BCUT2D eigenvalue weighted by atomic mass is 16.5. The van der Waals surface area contributed by atoms with Gasteiger partial charge in [-0.1, -0.05) is 6.07 Å². The van der Waals surface area contributed by atoms with Gasteiger partial charge >= 0.3 is 6.03 Å². The van der Waals surface area contributed by atoms with E-state index < -0.39 is 0 Å². The van der Waals surface area contributed by atoms with Gasteiger partial charge in [-0.3, -0.25) is 4.79 Å². The van der Waals surface area contributed by atoms with E-state index in [0.717, 1.165) is 11.1 Å². The molecule has 1 aromatic carbocycles. The SMILES string of the molecule is COc1cc(CNC(=O)Nc2ccc(C)c(NC(C)=O)c2)ccn1. The van der Waals surface area contributed by atoms with Crippen molar-refractivity contribution < 1.29 is 14.3 Å². The molecule has 24 heavy (non-hydrogen) atoms. The van der Waals surface area contributed by atoms with Gasteiger partial charge in [0, 0.05) is 37.1 Å². The molecule has 0 spiro atoms. The lowest BCUT2D eigenvalue weighted by atomic mass is 10.2. The van der Waals surface area contributed by atoms with Crippen LogP contribution in [-0.4, -0.2) is 24.0 Å². The van der Waals surface area contributed by atoms with Crippen molar-refractivity contribution in [1.82, 2.24) is 10.3 Å². The molecule has 7 nitrogen and oxygen atoms in total. The number of carbonyl (C=O) groups excluding carboxylic acids is 2. The van der Waals surface area contributed by atoms with Gasteiger partial charge in [-0.25, -0.2) is 9.78 Å². The number of urea groups is 1. The van der Waals surface area contributed by atoms with Gasteiger partial charge < -0.3 is 20.7 Å². The van der Waals surface area contributed by atoms with Crippen LogP contribution in [0.25, 0.3) is 0 Å². The summed E-state index contributed by atoms with van der Waals surface area (Å²) in [7, 11) is 1.54. The molecule has 0 fully saturated rings. The number of pyridine rings is 1. The standard InChI is InChI=1S/C17H20N4O3/c1-11-4-5-14(9-15(11)20-12(2)22)21-17(23)19-10-13-6-7-18-16(8-13)24-3/h4-9H,10H2,1-3H3,(H,20,22)(H2,19,21,23). The maximum absolute atomic E-state index is 12.0. The number of nitrogens with one attached hydrogen (secondary N) is 3. The molecule has 0 aliphatic heterocycles. The van der Waals surface area contributed by atoms with Crippen molar-refractivity contribution >= 4 is 23.3 Å². The third kappa shape index (κ3) is 4.98. The first-order valence-corrected chi connectivity index (χ1v) is 7.40. The molecular weight excluding hydrogens is 308 g/mol. The largest absolute Gasteiger partial charge is 0.481 e. The predicted molar refractivity (Wildman–Crippen MR) is 92.1 cm³/mol. The van der Waals surface area contributed by atoms with E-state index in [0.29, 0.717) is 23.8 Å². The summed E-state index contributed by atoms with van der Waals surface area (Å²) in [4.78, 5) is 27.2. The Morgan fingerprint density at radius 2 is 1.96 bits per heavy atom. The maximum atomic E-state index is 12.0. The van der Waals surface area contributed by atoms with Crippen molar-refractivity contribution in [1.29, 1.82) is 0 Å². The van der Waals surface area contributed by atoms with Crippen molar-refractivity contribution in [3.05, 3.63) is 47.7 Å². The van der Waals surface area contributed by atoms with Crippen LogP contribution in [0.2, 0.25) is 0 Å². The van der Waals surface area contributed by atoms with Crippen LogP contribution in [0.5, 0.6) is 5.88 Å². The van der Waals surface area contributed by atoms with Crippen LogP contribution in [0.4, 0.5) is 16.2 Å². The van der Waals surface area contributed by atoms with Crippen LogP contribution in [-0.2, 0) is 11.3 Å². The van der Waals surface area contributed by atoms with Gasteiger partial charge in [-0.05, 0) is 36.2 Å². The van der Waals surface area contributed by atoms with Crippen molar-refractivity contribution in [3.63, 3.8) is 0 Å². The molecule has 2 aromatic rings. The van der Waals surface area contributed by atoms with Crippen LogP contribution in [0.1, 0.15) is 18.1 Å². The minimum atomic E-state index is -0.344. The van der Waals surface area contributed by atoms with Crippen molar-refractivity contribution in [3.8, 4) is 5.88 Å². The fraction of sp³-hybridized carbons (Fsp3) is 0.235. The summed E-state index contributed by atoms with van der Waals surface area (Å²) in [6.45, 7) is 3.66. The lowest BCUT2D eigenvalue weighted by Gasteiger charge is -2.11. The second kappa shape index (κ2) is 7.96. The zero-order valence-electron chi connectivity index (χ0n) is 13.8. The smallest absolute Gasteiger partial charge is 0.319 e. The van der Waals surface area contributed by atoms with E-state index in [9.17, 15) is 9.59 Å². The van der Waals surface area contributed by atoms with Crippen LogP contribution in [0.15, 0.2) is 36.5 Å². The lowest BCUT2D eigenvalue weighted by molar-refractivity contribution is -0.114. The minimum absolute atomic E-state index is 0.161. The molecule has 0 saturated heterocycles. The summed E-state index contributed by atoms with van der Waals surface area (Å²) >= 11 is 0. The number of aryl methyl sites for hydroxylation is 1. The predicted octanol–water partition coefficient (Wildman–Crippen LogP) is 2.68. The lowest BCUT2D eigenvalue weighted by Crippen LogP contribution is -2.28. The van der Waals surface area contributed by atoms with Gasteiger partial charge in [0.25, 0.3) is 0 Å². The van der Waals surface area contributed by atoms with Gasteiger partial charge in [0.1, 0.15) is 0 Å². The highest BCUT2D eigenvalue weighted by molar-refractivity contribution is 5.93. The van der Waals surface area contributed by atoms with E-state index in [2.05, 4.69) is 20.9 Å². The molecule has 2 rings (SSSR count). The minimum Gasteiger partial charge on any atom is -0.481 e. The van der Waals surface area contributed by atoms with Gasteiger partial charge in [0.05, 0.1) is 7.11 Å². The second-order valence-corrected chi connectivity index (χ2v) is 5.23. The van der Waals surface area contributed by atoms with Crippen LogP contribution in [0, 0.1) is 6.92 Å². The summed E-state index contributed by atoms with van der Waals surface area (Å²) in [5.74, 6) is 0.333. The van der Waals surface area contributed by atoms with E-state index in [1.165, 1.54) is 14.0 Å². The van der Waals surface area contributed by atoms with Gasteiger partial charge in [-0.15, -0.1) is 0 Å². The van der Waals surface area contributed by atoms with E-state index in [4.69, 9.17) is 4.74 Å². The van der Waals surface area contributed by atoms with Crippen molar-refractivity contribution in [2.24, 2.45) is 0 Å². The molecule has 0 aliphatic rings. The zero-order valence-corrected chi connectivity index (χ0v) is 13.8. The van der Waals surface area contributed by atoms with Gasteiger partial charge in [0.2, 0.25) is 11.8 Å². The van der Waals surface area contributed by atoms with Crippen LogP contribution >= 0.6 is 0 Å². The molecule has 3 amide bonds. The Labute approximate surface area is 140 Å². The first-order chi connectivity index (χ1) is 11.5. The number of carbonyl (C=O) groups is 2. The molecular formula is C17H20N4O3. The highest BCUT2D eigenvalue weighted by Gasteiger charge is 2.06. The molecule has 0 aliphatic carbocycles. The third-order valence-corrected chi connectivity index (χ3v) is 3.27. The normalized spacial score (nSPS) is 9.96. The summed E-state index contributed by atoms with van der Waals surface area (Å²) in [5.41, 5.74) is 3.05. The fourth-order valence-electron chi connectivity index (χ4n) is 2.05. The molecule has 0 saturated carbocycles. The van der Waals surface area contributed by atoms with E-state index >= 15 is 0 Å². The average Bonchev–Trinajstić information content (AvgIpc) is 2.56. The number of methoxy groups -OCH3 is 1. The Morgan fingerprint density at radius 3 is 2.67 bits per heavy atom. The summed E-state index contributed by atoms with van der Waals surface area (Å²) in [6.07, 6.45) is 1.62. The number of hydrogen-bond donors (Lipinski definition) is 3. The van der Waals surface area contributed by atoms with E-state index in [1.54, 1.807) is 30.5 Å². The average molecular weight is 328 g/mol. The first-order valence-electron chi connectivity index (χ1n) is 7.40. The maximum Gasteiger partial charge on any atom is 0.319 e.